The van der Waals surface area contributed by atoms with Crippen LogP contribution in [-0.2, 0) is 28.4 Å². The third-order valence-corrected chi connectivity index (χ3v) is 24.2. The fourth-order valence-corrected chi connectivity index (χ4v) is 18.2. The summed E-state index contributed by atoms with van der Waals surface area (Å²) in [6.45, 7) is 36.1. The van der Waals surface area contributed by atoms with Gasteiger partial charge in [0.2, 0.25) is 0 Å². The Morgan fingerprint density at radius 1 is 0.248 bits per heavy atom. The second-order valence-electron chi connectivity index (χ2n) is 33.9. The number of benzene rings is 4. The molecule has 6 aliphatic carbocycles. The first-order valence-corrected chi connectivity index (χ1v) is 38.8. The Morgan fingerprint density at radius 3 is 0.604 bits per heavy atom. The zero-order chi connectivity index (χ0) is 72.8. The fourth-order valence-electron chi connectivity index (χ4n) is 18.2. The summed E-state index contributed by atoms with van der Waals surface area (Å²) in [6, 6.07) is 9.22. The number of rotatable bonds is 18. The molecule has 0 bridgehead atoms. The monoisotopic (exact) mass is 1400 g/mol. The van der Waals surface area contributed by atoms with Gasteiger partial charge in [0.1, 0.15) is 36.6 Å². The molecule has 558 valence electrons. The first-order valence-electron chi connectivity index (χ1n) is 38.8. The van der Waals surface area contributed by atoms with Crippen molar-refractivity contribution in [1.82, 2.24) is 0 Å². The van der Waals surface area contributed by atoms with Crippen molar-refractivity contribution in [3.05, 3.63) is 36.4 Å². The third-order valence-electron chi connectivity index (χ3n) is 24.2. The molecule has 6 saturated carbocycles. The third kappa shape index (κ3) is 19.2. The molecule has 0 aliphatic heterocycles. The van der Waals surface area contributed by atoms with Gasteiger partial charge in [-0.25, -0.2) is 28.8 Å². The molecule has 6 aliphatic rings. The van der Waals surface area contributed by atoms with Crippen molar-refractivity contribution < 1.29 is 85.6 Å². The van der Waals surface area contributed by atoms with Gasteiger partial charge in [-0.1, -0.05) is 156 Å². The number of fused-ring (bicyclic) bond motifs is 6. The molecular weight excluding hydrogens is 1280 g/mol. The van der Waals surface area contributed by atoms with Crippen LogP contribution < -0.4 is 28.4 Å². The second-order valence-corrected chi connectivity index (χ2v) is 33.9. The summed E-state index contributed by atoms with van der Waals surface area (Å²) in [5.41, 5.74) is 0. The van der Waals surface area contributed by atoms with E-state index in [0.717, 1.165) is 83.5 Å². The molecule has 6 fully saturated rings. The van der Waals surface area contributed by atoms with Crippen LogP contribution in [0.4, 0.5) is 28.8 Å². The number of carbonyl (C=O) groups excluding carboxylic acids is 6. The van der Waals surface area contributed by atoms with Gasteiger partial charge in [-0.2, -0.15) is 0 Å². The maximum absolute atomic E-state index is 14.7. The molecule has 18 nitrogen and oxygen atoms in total. The Labute approximate surface area is 599 Å². The fraction of sp³-hybridized carbons (Fsp3) is 0.711. The molecule has 101 heavy (non-hydrogen) atoms. The number of ether oxygens (including phenoxy) is 12. The average Bonchev–Trinajstić information content (AvgIpc) is 0.723. The van der Waals surface area contributed by atoms with Gasteiger partial charge >= 0.3 is 36.9 Å². The maximum atomic E-state index is 14.7. The van der Waals surface area contributed by atoms with Crippen LogP contribution in [0.1, 0.15) is 240 Å². The molecule has 0 aromatic heterocycles. The molecular formula is C83H118O18. The Bertz CT molecular complexity index is 3470. The first kappa shape index (κ1) is 76.9. The molecule has 4 aromatic rings. The van der Waals surface area contributed by atoms with E-state index in [-0.39, 0.29) is 135 Å². The molecule has 17 unspecified atom stereocenters. The van der Waals surface area contributed by atoms with Crippen LogP contribution in [0, 0.1) is 101 Å². The van der Waals surface area contributed by atoms with E-state index in [4.69, 9.17) is 56.8 Å². The van der Waals surface area contributed by atoms with Gasteiger partial charge in [-0.3, -0.25) is 0 Å². The Morgan fingerprint density at radius 2 is 0.416 bits per heavy atom. The van der Waals surface area contributed by atoms with Gasteiger partial charge in [-0.05, 0) is 253 Å². The minimum atomic E-state index is -1.02. The largest absolute Gasteiger partial charge is 0.514 e. The SMILES string of the molecule is CC1CCC(C(C)C)C(OC(=O)Oc2cc3c(cc2OC(=O)OC2CCCCC2C(C)C)c2cc(OC(=O)OC4CC(C)CCC4C(C)C)c(OC(=O)OC4CC(C)CCC4C(C)C)cc2c2cc(OC(=O)OC4CC(C)CCC4C(C)C)c(OC(=O)OC4CC(C)CCC4C(C)C)cc32)C1. The maximum Gasteiger partial charge on any atom is 0.514 e. The second kappa shape index (κ2) is 33.8. The predicted molar refractivity (Wildman–Crippen MR) is 388 cm³/mol. The molecule has 0 heterocycles. The van der Waals surface area contributed by atoms with E-state index < -0.39 is 73.6 Å². The zero-order valence-corrected chi connectivity index (χ0v) is 63.5. The van der Waals surface area contributed by atoms with E-state index in [1.807, 2.05) is 0 Å². The van der Waals surface area contributed by atoms with Crippen LogP contribution in [-0.4, -0.2) is 73.6 Å². The summed E-state index contributed by atoms with van der Waals surface area (Å²) in [5, 5.41) is 1.93. The van der Waals surface area contributed by atoms with Crippen molar-refractivity contribution >= 4 is 69.2 Å². The summed E-state index contributed by atoms with van der Waals surface area (Å²) in [4.78, 5) is 87.9. The van der Waals surface area contributed by atoms with Crippen molar-refractivity contribution in [2.24, 2.45) is 101 Å². The molecule has 4 aromatic carbocycles. The lowest BCUT2D eigenvalue weighted by molar-refractivity contribution is -0.0178. The highest BCUT2D eigenvalue weighted by molar-refractivity contribution is 6.27. The predicted octanol–water partition coefficient (Wildman–Crippen LogP) is 22.8. The summed E-state index contributed by atoms with van der Waals surface area (Å²) < 4.78 is 75.7. The Balaban J connectivity index is 1.20. The quantitative estimate of drug-likeness (QED) is 0.0392. The molecule has 18 heteroatoms. The van der Waals surface area contributed by atoms with Crippen molar-refractivity contribution in [2.75, 3.05) is 0 Å². The zero-order valence-electron chi connectivity index (χ0n) is 63.5. The van der Waals surface area contributed by atoms with E-state index in [0.29, 0.717) is 70.8 Å². The summed E-state index contributed by atoms with van der Waals surface area (Å²) in [7, 11) is 0. The van der Waals surface area contributed by atoms with Gasteiger partial charge in [0.25, 0.3) is 0 Å². The van der Waals surface area contributed by atoms with Crippen LogP contribution in [0.2, 0.25) is 0 Å². The van der Waals surface area contributed by atoms with Gasteiger partial charge in [0, 0.05) is 0 Å². The molecule has 10 rings (SSSR count). The van der Waals surface area contributed by atoms with Crippen LogP contribution >= 0.6 is 0 Å². The average molecular weight is 1400 g/mol. The van der Waals surface area contributed by atoms with Crippen LogP contribution in [0.25, 0.3) is 32.3 Å². The highest BCUT2D eigenvalue weighted by atomic mass is 16.8. The molecule has 0 amide bonds. The van der Waals surface area contributed by atoms with E-state index in [1.165, 1.54) is 36.4 Å². The standard InChI is InChI=1S/C83H118O18/c1-43(2)54-20-18-19-21-66(54)90-78(84)96-72-37-60-61(38-73(72)97-79(85)91-67-32-49(13)22-27-55(67)44(3)4)63-40-75(99-81(87)93-69-34-51(15)24-29-57(69)46(7)8)77(101-83(89)95-71-36-53(17)26-31-59(71)48(11)12)42-65(63)64-41-76(100-82(88)94-70-35-52(16)25-30-58(70)47(9)10)74(39-62(60)64)98-80(86)92-68-33-50(14)23-28-56(68)45(5)6/h37-59,66-71H,18-36H2,1-17H3. The van der Waals surface area contributed by atoms with Gasteiger partial charge in [0.05, 0.1) is 0 Å². The highest BCUT2D eigenvalue weighted by Crippen LogP contribution is 2.50. The van der Waals surface area contributed by atoms with E-state index >= 15 is 0 Å². The van der Waals surface area contributed by atoms with Crippen molar-refractivity contribution in [2.45, 2.75) is 276 Å². The van der Waals surface area contributed by atoms with Crippen molar-refractivity contribution in [3.8, 4) is 34.5 Å². The minimum absolute atomic E-state index is 0.0547. The molecule has 17 atom stereocenters. The van der Waals surface area contributed by atoms with Crippen LogP contribution in [0.15, 0.2) is 36.4 Å². The van der Waals surface area contributed by atoms with Crippen molar-refractivity contribution in [3.63, 3.8) is 0 Å². The summed E-state index contributed by atoms with van der Waals surface area (Å²) in [6.07, 6.45) is 6.73. The first-order chi connectivity index (χ1) is 48.0. The van der Waals surface area contributed by atoms with Crippen LogP contribution in [0.5, 0.6) is 34.5 Å². The number of hydrogen-bond donors (Lipinski definition) is 0. The van der Waals surface area contributed by atoms with Gasteiger partial charge < -0.3 is 56.8 Å². The normalized spacial score (nSPS) is 29.6. The van der Waals surface area contributed by atoms with E-state index in [2.05, 4.69) is 118 Å². The van der Waals surface area contributed by atoms with E-state index in [9.17, 15) is 28.8 Å². The number of hydrogen-bond acceptors (Lipinski definition) is 18. The molecule has 0 spiro atoms. The molecule has 0 saturated heterocycles. The summed E-state index contributed by atoms with van der Waals surface area (Å²) in [5.74, 6) is 1.65. The van der Waals surface area contributed by atoms with Gasteiger partial charge in [0.15, 0.2) is 34.5 Å². The summed E-state index contributed by atoms with van der Waals surface area (Å²) >= 11 is 0. The Kier molecular flexibility index (Phi) is 25.7. The molecule has 0 radical (unpaired) electrons. The molecule has 0 N–H and O–H groups in total. The topological polar surface area (TPSA) is 213 Å². The number of carbonyl (C=O) groups is 6. The minimum Gasteiger partial charge on any atom is -0.430 e. The van der Waals surface area contributed by atoms with E-state index in [1.54, 1.807) is 0 Å². The lowest BCUT2D eigenvalue weighted by Gasteiger charge is -2.36. The lowest BCUT2D eigenvalue weighted by atomic mass is 9.75. The van der Waals surface area contributed by atoms with Gasteiger partial charge in [-0.15, -0.1) is 0 Å². The Hall–Kier alpha value is -6.72. The lowest BCUT2D eigenvalue weighted by Crippen LogP contribution is -2.37. The van der Waals surface area contributed by atoms with Crippen molar-refractivity contribution in [1.29, 1.82) is 0 Å². The highest BCUT2D eigenvalue weighted by Gasteiger charge is 2.41. The smallest absolute Gasteiger partial charge is 0.430 e. The van der Waals surface area contributed by atoms with Crippen LogP contribution in [0.3, 0.4) is 0 Å².